The van der Waals surface area contributed by atoms with Crippen molar-refractivity contribution in [1.82, 2.24) is 4.98 Å². The first-order valence-corrected chi connectivity index (χ1v) is 8.53. The fraction of sp³-hybridized carbons (Fsp3) is 0.333. The lowest BCUT2D eigenvalue weighted by molar-refractivity contribution is -0.114. The minimum Gasteiger partial charge on any atom is -0.325 e. The molecule has 0 radical (unpaired) electrons. The molecular weight excluding hydrogens is 288 g/mol. The van der Waals surface area contributed by atoms with E-state index >= 15 is 0 Å². The Labute approximate surface area is 127 Å². The second-order valence-electron chi connectivity index (χ2n) is 4.82. The molecule has 0 atom stereocenters. The first-order valence-electron chi connectivity index (χ1n) is 6.42. The smallest absolute Gasteiger partial charge is 0.221 e. The van der Waals surface area contributed by atoms with Gasteiger partial charge in [0.1, 0.15) is 0 Å². The van der Waals surface area contributed by atoms with E-state index in [4.69, 9.17) is 0 Å². The summed E-state index contributed by atoms with van der Waals surface area (Å²) in [5, 5.41) is 6.09. The highest BCUT2D eigenvalue weighted by Crippen LogP contribution is 2.32. The molecule has 0 aliphatic heterocycles. The molecule has 0 aliphatic rings. The monoisotopic (exact) mass is 306 g/mol. The lowest BCUT2D eigenvalue weighted by Gasteiger charge is -2.09. The van der Waals surface area contributed by atoms with E-state index in [-0.39, 0.29) is 5.91 Å². The number of benzene rings is 1. The molecule has 0 aliphatic carbocycles. The van der Waals surface area contributed by atoms with Crippen LogP contribution in [0.5, 0.6) is 0 Å². The predicted molar refractivity (Wildman–Crippen MR) is 87.7 cm³/mol. The molecule has 0 bridgehead atoms. The van der Waals surface area contributed by atoms with Crippen LogP contribution >= 0.6 is 23.1 Å². The molecule has 1 N–H and O–H groups in total. The number of carbonyl (C=O) groups excluding carboxylic acids is 1. The molecule has 0 spiro atoms. The summed E-state index contributed by atoms with van der Waals surface area (Å²) in [5.41, 5.74) is 2.95. The molecule has 0 fully saturated rings. The van der Waals surface area contributed by atoms with Crippen molar-refractivity contribution in [2.45, 2.75) is 31.6 Å². The van der Waals surface area contributed by atoms with Gasteiger partial charge in [-0.05, 0) is 18.4 Å². The molecule has 2 rings (SSSR count). The number of hydrogen-bond donors (Lipinski definition) is 1. The summed E-state index contributed by atoms with van der Waals surface area (Å²) >= 11 is 3.31. The van der Waals surface area contributed by atoms with Crippen molar-refractivity contribution in [3.8, 4) is 11.3 Å². The average molecular weight is 306 g/mol. The van der Waals surface area contributed by atoms with E-state index in [1.807, 2.05) is 18.4 Å². The van der Waals surface area contributed by atoms with Crippen molar-refractivity contribution < 1.29 is 4.79 Å². The number of nitrogens with one attached hydrogen (secondary N) is 1. The Morgan fingerprint density at radius 1 is 1.40 bits per heavy atom. The normalized spacial score (nSPS) is 10.8. The van der Waals surface area contributed by atoms with Gasteiger partial charge in [0.25, 0.3) is 0 Å². The molecule has 0 unspecified atom stereocenters. The number of thioether (sulfide) groups is 1. The molecule has 5 heteroatoms. The van der Waals surface area contributed by atoms with E-state index in [1.54, 1.807) is 23.1 Å². The van der Waals surface area contributed by atoms with Crippen LogP contribution in [-0.4, -0.2) is 17.1 Å². The topological polar surface area (TPSA) is 42.0 Å². The molecule has 0 saturated carbocycles. The molecule has 1 aromatic heterocycles. The maximum Gasteiger partial charge on any atom is 0.221 e. The third-order valence-electron chi connectivity index (χ3n) is 2.82. The zero-order valence-corrected chi connectivity index (χ0v) is 13.7. The largest absolute Gasteiger partial charge is 0.325 e. The van der Waals surface area contributed by atoms with Crippen LogP contribution in [0.25, 0.3) is 11.3 Å². The second-order valence-corrected chi connectivity index (χ2v) is 6.56. The van der Waals surface area contributed by atoms with Gasteiger partial charge in [0.15, 0.2) is 0 Å². The molecule has 106 valence electrons. The maximum atomic E-state index is 11.2. The van der Waals surface area contributed by atoms with Gasteiger partial charge in [-0.3, -0.25) is 4.79 Å². The fourth-order valence-electron chi connectivity index (χ4n) is 1.83. The summed E-state index contributed by atoms with van der Waals surface area (Å²) in [6, 6.07) is 6.02. The highest BCUT2D eigenvalue weighted by molar-refractivity contribution is 7.98. The molecule has 20 heavy (non-hydrogen) atoms. The summed E-state index contributed by atoms with van der Waals surface area (Å²) in [6.45, 7) is 5.82. The Balaban J connectivity index is 2.35. The Morgan fingerprint density at radius 3 is 2.70 bits per heavy atom. The quantitative estimate of drug-likeness (QED) is 0.838. The summed E-state index contributed by atoms with van der Waals surface area (Å²) in [4.78, 5) is 16.9. The standard InChI is InChI=1S/C15H18N2OS2/c1-9(2)15-17-13(8-20-15)11-5-6-12(16-10(3)18)14(7-11)19-4/h5-9H,1-4H3,(H,16,18). The lowest BCUT2D eigenvalue weighted by Crippen LogP contribution is -2.06. The van der Waals surface area contributed by atoms with Crippen molar-refractivity contribution in [3.05, 3.63) is 28.6 Å². The third-order valence-corrected chi connectivity index (χ3v) is 4.75. The fourth-order valence-corrected chi connectivity index (χ4v) is 3.26. The average Bonchev–Trinajstić information content (AvgIpc) is 2.88. The van der Waals surface area contributed by atoms with Gasteiger partial charge in [-0.25, -0.2) is 4.98 Å². The van der Waals surface area contributed by atoms with Crippen LogP contribution in [0.15, 0.2) is 28.5 Å². The van der Waals surface area contributed by atoms with Gasteiger partial charge in [-0.2, -0.15) is 0 Å². The Morgan fingerprint density at radius 2 is 2.15 bits per heavy atom. The van der Waals surface area contributed by atoms with Crippen LogP contribution in [0.4, 0.5) is 5.69 Å². The van der Waals surface area contributed by atoms with Gasteiger partial charge >= 0.3 is 0 Å². The zero-order chi connectivity index (χ0) is 14.7. The maximum absolute atomic E-state index is 11.2. The number of amides is 1. The van der Waals surface area contributed by atoms with E-state index in [1.165, 1.54) is 6.92 Å². The Hall–Kier alpha value is -1.33. The van der Waals surface area contributed by atoms with Crippen LogP contribution in [0.3, 0.4) is 0 Å². The predicted octanol–water partition coefficient (Wildman–Crippen LogP) is 4.61. The second kappa shape index (κ2) is 6.41. The first kappa shape index (κ1) is 15.1. The summed E-state index contributed by atoms with van der Waals surface area (Å²) in [6.07, 6.45) is 2.00. The Kier molecular flexibility index (Phi) is 4.83. The first-order chi connectivity index (χ1) is 9.51. The van der Waals surface area contributed by atoms with E-state index in [0.29, 0.717) is 5.92 Å². The van der Waals surface area contributed by atoms with Gasteiger partial charge in [-0.1, -0.05) is 19.9 Å². The van der Waals surface area contributed by atoms with Crippen molar-refractivity contribution in [3.63, 3.8) is 0 Å². The zero-order valence-electron chi connectivity index (χ0n) is 12.1. The highest BCUT2D eigenvalue weighted by Gasteiger charge is 2.10. The lowest BCUT2D eigenvalue weighted by atomic mass is 10.1. The number of carbonyl (C=O) groups is 1. The van der Waals surface area contributed by atoms with Gasteiger partial charge < -0.3 is 5.32 Å². The van der Waals surface area contributed by atoms with Gasteiger partial charge in [0.05, 0.1) is 16.4 Å². The van der Waals surface area contributed by atoms with Crippen molar-refractivity contribution in [1.29, 1.82) is 0 Å². The highest BCUT2D eigenvalue weighted by atomic mass is 32.2. The molecule has 1 amide bonds. The van der Waals surface area contributed by atoms with Crippen LogP contribution in [-0.2, 0) is 4.79 Å². The summed E-state index contributed by atoms with van der Waals surface area (Å²) < 4.78 is 0. The van der Waals surface area contributed by atoms with Crippen LogP contribution in [0, 0.1) is 0 Å². The minimum absolute atomic E-state index is 0.0520. The number of thiazole rings is 1. The van der Waals surface area contributed by atoms with Crippen molar-refractivity contribution in [2.75, 3.05) is 11.6 Å². The summed E-state index contributed by atoms with van der Waals surface area (Å²) in [5.74, 6) is 0.399. The summed E-state index contributed by atoms with van der Waals surface area (Å²) in [7, 11) is 0. The van der Waals surface area contributed by atoms with Gasteiger partial charge in [-0.15, -0.1) is 23.1 Å². The van der Waals surface area contributed by atoms with Crippen LogP contribution in [0.1, 0.15) is 31.7 Å². The molecular formula is C15H18N2OS2. The number of anilines is 1. The minimum atomic E-state index is -0.0520. The van der Waals surface area contributed by atoms with Gasteiger partial charge in [0, 0.05) is 28.7 Å². The van der Waals surface area contributed by atoms with E-state index < -0.39 is 0 Å². The number of aromatic nitrogens is 1. The molecule has 0 saturated heterocycles. The van der Waals surface area contributed by atoms with E-state index in [0.717, 1.165) is 26.8 Å². The van der Waals surface area contributed by atoms with Crippen LogP contribution < -0.4 is 5.32 Å². The van der Waals surface area contributed by atoms with Gasteiger partial charge in [0.2, 0.25) is 5.91 Å². The van der Waals surface area contributed by atoms with Crippen molar-refractivity contribution >= 4 is 34.7 Å². The van der Waals surface area contributed by atoms with Crippen molar-refractivity contribution in [2.24, 2.45) is 0 Å². The Bertz CT molecular complexity index is 620. The number of rotatable bonds is 4. The molecule has 2 aromatic rings. The SMILES string of the molecule is CSc1cc(-c2csc(C(C)C)n2)ccc1NC(C)=O. The number of nitrogens with zero attached hydrogens (tertiary/aromatic N) is 1. The third kappa shape index (κ3) is 3.41. The molecule has 3 nitrogen and oxygen atoms in total. The molecule has 1 aromatic carbocycles. The van der Waals surface area contributed by atoms with Crippen LogP contribution in [0.2, 0.25) is 0 Å². The number of hydrogen-bond acceptors (Lipinski definition) is 4. The van der Waals surface area contributed by atoms with E-state index in [9.17, 15) is 4.79 Å². The molecule has 1 heterocycles. The van der Waals surface area contributed by atoms with E-state index in [2.05, 4.69) is 35.6 Å².